The Morgan fingerprint density at radius 2 is 2.10 bits per heavy atom. The molecule has 0 atom stereocenters. The molecular formula is C16H17FN2O. The number of aromatic nitrogens is 1. The van der Waals surface area contributed by atoms with Crippen LogP contribution in [0.2, 0.25) is 0 Å². The number of nitrogens with zero attached hydrogens (tertiary/aromatic N) is 1. The van der Waals surface area contributed by atoms with Gasteiger partial charge in [-0.15, -0.1) is 0 Å². The number of unbranched alkanes of at least 4 members (excludes halogenated alkanes) is 1. The third-order valence-electron chi connectivity index (χ3n) is 2.99. The summed E-state index contributed by atoms with van der Waals surface area (Å²) in [7, 11) is 0. The highest BCUT2D eigenvalue weighted by molar-refractivity contribution is 5.94. The van der Waals surface area contributed by atoms with E-state index in [-0.39, 0.29) is 5.91 Å². The summed E-state index contributed by atoms with van der Waals surface area (Å²) in [4.78, 5) is 15.8. The van der Waals surface area contributed by atoms with Crippen molar-refractivity contribution in [2.75, 3.05) is 6.54 Å². The summed E-state index contributed by atoms with van der Waals surface area (Å²) in [5.74, 6) is -0.625. The lowest BCUT2D eigenvalue weighted by atomic mass is 10.1. The monoisotopic (exact) mass is 272 g/mol. The third kappa shape index (κ3) is 4.46. The largest absolute Gasteiger partial charge is 0.352 e. The molecule has 4 heteroatoms. The number of amides is 1. The van der Waals surface area contributed by atoms with Crippen LogP contribution in [0.15, 0.2) is 48.8 Å². The zero-order valence-electron chi connectivity index (χ0n) is 11.2. The lowest BCUT2D eigenvalue weighted by Gasteiger charge is -2.05. The first-order valence-electron chi connectivity index (χ1n) is 6.68. The summed E-state index contributed by atoms with van der Waals surface area (Å²) in [5, 5.41) is 2.79. The summed E-state index contributed by atoms with van der Waals surface area (Å²) in [5.41, 5.74) is 1.56. The molecule has 20 heavy (non-hydrogen) atoms. The van der Waals surface area contributed by atoms with Crippen molar-refractivity contribution in [1.29, 1.82) is 0 Å². The number of carbonyl (C=O) groups is 1. The quantitative estimate of drug-likeness (QED) is 0.821. The second-order valence-electron chi connectivity index (χ2n) is 4.58. The van der Waals surface area contributed by atoms with Crippen LogP contribution in [-0.2, 0) is 6.42 Å². The van der Waals surface area contributed by atoms with Crippen molar-refractivity contribution >= 4 is 5.91 Å². The highest BCUT2D eigenvalue weighted by atomic mass is 19.1. The maximum atomic E-state index is 13.0. The van der Waals surface area contributed by atoms with Gasteiger partial charge in [0, 0.05) is 24.5 Å². The van der Waals surface area contributed by atoms with E-state index < -0.39 is 5.82 Å². The van der Waals surface area contributed by atoms with E-state index in [9.17, 15) is 9.18 Å². The van der Waals surface area contributed by atoms with Crippen molar-refractivity contribution in [3.05, 3.63) is 65.7 Å². The minimum atomic E-state index is -0.394. The smallest absolute Gasteiger partial charge is 0.251 e. The fourth-order valence-corrected chi connectivity index (χ4v) is 1.93. The van der Waals surface area contributed by atoms with Gasteiger partial charge in [-0.05, 0) is 49.1 Å². The Bertz CT molecular complexity index is 557. The van der Waals surface area contributed by atoms with Crippen molar-refractivity contribution in [3.63, 3.8) is 0 Å². The Balaban J connectivity index is 1.67. The van der Waals surface area contributed by atoms with Crippen LogP contribution in [0.3, 0.4) is 0 Å². The predicted octanol–water partition coefficient (Wildman–Crippen LogP) is 2.97. The molecule has 0 fully saturated rings. The molecule has 0 aliphatic rings. The molecule has 3 nitrogen and oxygen atoms in total. The number of carbonyl (C=O) groups excluding carboxylic acids is 1. The Kier molecular flexibility index (Phi) is 5.24. The van der Waals surface area contributed by atoms with Crippen molar-refractivity contribution < 1.29 is 9.18 Å². The van der Waals surface area contributed by atoms with Crippen LogP contribution in [-0.4, -0.2) is 17.4 Å². The van der Waals surface area contributed by atoms with Gasteiger partial charge in [-0.2, -0.15) is 0 Å². The molecule has 1 heterocycles. The highest BCUT2D eigenvalue weighted by Crippen LogP contribution is 2.04. The maximum Gasteiger partial charge on any atom is 0.251 e. The molecule has 0 radical (unpaired) electrons. The molecule has 0 aliphatic carbocycles. The molecule has 0 aliphatic heterocycles. The molecule has 2 rings (SSSR count). The summed E-state index contributed by atoms with van der Waals surface area (Å²) in [6.07, 6.45) is 6.42. The van der Waals surface area contributed by atoms with Crippen LogP contribution in [0.4, 0.5) is 4.39 Å². The van der Waals surface area contributed by atoms with E-state index in [1.54, 1.807) is 12.3 Å². The summed E-state index contributed by atoms with van der Waals surface area (Å²) < 4.78 is 13.0. The van der Waals surface area contributed by atoms with E-state index in [1.165, 1.54) is 23.8 Å². The van der Waals surface area contributed by atoms with Crippen LogP contribution in [0.5, 0.6) is 0 Å². The summed E-state index contributed by atoms with van der Waals surface area (Å²) in [6.45, 7) is 0.593. The van der Waals surface area contributed by atoms with Crippen LogP contribution in [0.25, 0.3) is 0 Å². The number of nitrogens with one attached hydrogen (secondary N) is 1. The summed E-state index contributed by atoms with van der Waals surface area (Å²) >= 11 is 0. The van der Waals surface area contributed by atoms with Gasteiger partial charge in [-0.25, -0.2) is 4.39 Å². The van der Waals surface area contributed by atoms with E-state index in [4.69, 9.17) is 0 Å². The molecule has 1 aromatic heterocycles. The first-order valence-corrected chi connectivity index (χ1v) is 6.68. The second kappa shape index (κ2) is 7.38. The minimum absolute atomic E-state index is 0.231. The Morgan fingerprint density at radius 3 is 2.85 bits per heavy atom. The van der Waals surface area contributed by atoms with Gasteiger partial charge in [-0.1, -0.05) is 12.1 Å². The van der Waals surface area contributed by atoms with E-state index in [0.717, 1.165) is 19.3 Å². The van der Waals surface area contributed by atoms with Crippen molar-refractivity contribution in [2.24, 2.45) is 0 Å². The topological polar surface area (TPSA) is 42.0 Å². The van der Waals surface area contributed by atoms with Gasteiger partial charge in [0.05, 0.1) is 0 Å². The standard InChI is InChI=1S/C16H17FN2O/c17-15-8-3-7-14(11-15)16(20)19-10-2-1-5-13-6-4-9-18-12-13/h3-4,6-9,11-12H,1-2,5,10H2,(H,19,20). The number of hydrogen-bond donors (Lipinski definition) is 1. The average Bonchev–Trinajstić information content (AvgIpc) is 2.48. The van der Waals surface area contributed by atoms with Gasteiger partial charge in [0.2, 0.25) is 0 Å². The molecule has 0 bridgehead atoms. The van der Waals surface area contributed by atoms with Gasteiger partial charge in [0.25, 0.3) is 5.91 Å². The van der Waals surface area contributed by atoms with Crippen molar-refractivity contribution in [2.45, 2.75) is 19.3 Å². The number of halogens is 1. The zero-order chi connectivity index (χ0) is 14.2. The normalized spacial score (nSPS) is 10.2. The van der Waals surface area contributed by atoms with Gasteiger partial charge in [-0.3, -0.25) is 9.78 Å². The number of pyridine rings is 1. The maximum absolute atomic E-state index is 13.0. The van der Waals surface area contributed by atoms with Crippen LogP contribution >= 0.6 is 0 Å². The molecule has 0 unspecified atom stereocenters. The molecule has 0 spiro atoms. The Labute approximate surface area is 117 Å². The zero-order valence-corrected chi connectivity index (χ0v) is 11.2. The fourth-order valence-electron chi connectivity index (χ4n) is 1.93. The van der Waals surface area contributed by atoms with Gasteiger partial charge >= 0.3 is 0 Å². The van der Waals surface area contributed by atoms with Crippen LogP contribution < -0.4 is 5.32 Å². The molecule has 0 saturated heterocycles. The van der Waals surface area contributed by atoms with E-state index in [0.29, 0.717) is 12.1 Å². The SMILES string of the molecule is O=C(NCCCCc1cccnc1)c1cccc(F)c1. The van der Waals surface area contributed by atoms with Crippen LogP contribution in [0.1, 0.15) is 28.8 Å². The lowest BCUT2D eigenvalue weighted by Crippen LogP contribution is -2.24. The van der Waals surface area contributed by atoms with Crippen LogP contribution in [0, 0.1) is 5.82 Å². The first kappa shape index (κ1) is 14.2. The van der Waals surface area contributed by atoms with Crippen molar-refractivity contribution in [1.82, 2.24) is 10.3 Å². The predicted molar refractivity (Wildman–Crippen MR) is 75.9 cm³/mol. The van der Waals surface area contributed by atoms with Gasteiger partial charge in [0.15, 0.2) is 0 Å². The molecule has 1 amide bonds. The minimum Gasteiger partial charge on any atom is -0.352 e. The van der Waals surface area contributed by atoms with E-state index in [2.05, 4.69) is 10.3 Å². The molecule has 0 saturated carbocycles. The van der Waals surface area contributed by atoms with Gasteiger partial charge in [0.1, 0.15) is 5.82 Å². The Hall–Kier alpha value is -2.23. The van der Waals surface area contributed by atoms with Gasteiger partial charge < -0.3 is 5.32 Å². The summed E-state index contributed by atoms with van der Waals surface area (Å²) in [6, 6.07) is 9.66. The second-order valence-corrected chi connectivity index (χ2v) is 4.58. The number of benzene rings is 1. The van der Waals surface area contributed by atoms with E-state index in [1.807, 2.05) is 18.3 Å². The molecular weight excluding hydrogens is 255 g/mol. The molecule has 1 N–H and O–H groups in total. The first-order chi connectivity index (χ1) is 9.75. The molecule has 2 aromatic rings. The number of aryl methyl sites for hydroxylation is 1. The highest BCUT2D eigenvalue weighted by Gasteiger charge is 2.05. The lowest BCUT2D eigenvalue weighted by molar-refractivity contribution is 0.0952. The Morgan fingerprint density at radius 1 is 1.20 bits per heavy atom. The fraction of sp³-hybridized carbons (Fsp3) is 0.250. The average molecular weight is 272 g/mol. The number of hydrogen-bond acceptors (Lipinski definition) is 2. The van der Waals surface area contributed by atoms with E-state index >= 15 is 0 Å². The number of rotatable bonds is 6. The molecule has 1 aromatic carbocycles. The molecule has 104 valence electrons. The third-order valence-corrected chi connectivity index (χ3v) is 2.99. The van der Waals surface area contributed by atoms with Crippen molar-refractivity contribution in [3.8, 4) is 0 Å².